The molecule has 0 spiro atoms. The Kier molecular flexibility index (Phi) is 15.4. The molecule has 0 fully saturated rings. The quantitative estimate of drug-likeness (QED) is 0.131. The molecule has 1 unspecified atom stereocenters. The third kappa shape index (κ3) is 8.41. The van der Waals surface area contributed by atoms with Crippen LogP contribution in [0.15, 0.2) is 187 Å². The van der Waals surface area contributed by atoms with Gasteiger partial charge in [0.05, 0.1) is 10.9 Å². The zero-order chi connectivity index (χ0) is 41.5. The maximum atomic E-state index is 6.56. The van der Waals surface area contributed by atoms with Crippen LogP contribution in [0.1, 0.15) is 93.1 Å². The summed E-state index contributed by atoms with van der Waals surface area (Å²) in [5.74, 6) is 0. The molecule has 58 heavy (non-hydrogen) atoms. The van der Waals surface area contributed by atoms with Crippen LogP contribution in [0.5, 0.6) is 0 Å². The molecule has 294 valence electrons. The normalized spacial score (nSPS) is 14.1. The van der Waals surface area contributed by atoms with E-state index in [1.54, 1.807) is 0 Å². The monoisotopic (exact) mass is 761 g/mol. The zero-order valence-corrected chi connectivity index (χ0v) is 35.3. The summed E-state index contributed by atoms with van der Waals surface area (Å²) in [6.45, 7) is 12.0. The van der Waals surface area contributed by atoms with Crippen LogP contribution in [-0.2, 0) is 11.8 Å². The summed E-state index contributed by atoms with van der Waals surface area (Å²) in [6.07, 6.45) is 20.6. The molecule has 3 heteroatoms. The van der Waals surface area contributed by atoms with Crippen LogP contribution in [0.4, 0.5) is 0 Å². The van der Waals surface area contributed by atoms with Gasteiger partial charge in [-0.3, -0.25) is 0 Å². The molecule has 1 aromatic heterocycles. The van der Waals surface area contributed by atoms with Gasteiger partial charge < -0.3 is 16.0 Å². The molecule has 1 heterocycles. The van der Waals surface area contributed by atoms with E-state index >= 15 is 0 Å². The number of aromatic nitrogens is 1. The zero-order valence-electron chi connectivity index (χ0n) is 35.3. The smallest absolute Gasteiger partial charge is 0.0713 e. The number of hydrogen-bond donors (Lipinski definition) is 2. The summed E-state index contributed by atoms with van der Waals surface area (Å²) in [7, 11) is 1.50. The maximum absolute atomic E-state index is 6.56. The topological polar surface area (TPSA) is 57.0 Å². The van der Waals surface area contributed by atoms with Crippen molar-refractivity contribution < 1.29 is 0 Å². The molecule has 0 radical (unpaired) electrons. The van der Waals surface area contributed by atoms with Gasteiger partial charge in [-0.05, 0) is 109 Å². The summed E-state index contributed by atoms with van der Waals surface area (Å²) in [5.41, 5.74) is 31.5. The molecule has 0 amide bonds. The lowest BCUT2D eigenvalue weighted by Gasteiger charge is -2.34. The highest BCUT2D eigenvalue weighted by molar-refractivity contribution is 5.93. The predicted molar refractivity (Wildman–Crippen MR) is 252 cm³/mol. The molecule has 3 aliphatic carbocycles. The molecule has 0 saturated heterocycles. The molecule has 3 aliphatic rings. The van der Waals surface area contributed by atoms with Crippen molar-refractivity contribution in [3.05, 3.63) is 226 Å². The number of fused-ring (bicyclic) bond motifs is 6. The number of hydrogen-bond acceptors (Lipinski definition) is 2. The van der Waals surface area contributed by atoms with E-state index in [9.17, 15) is 0 Å². The van der Waals surface area contributed by atoms with E-state index < -0.39 is 5.41 Å². The van der Waals surface area contributed by atoms with Gasteiger partial charge in [-0.1, -0.05) is 185 Å². The molecule has 4 N–H and O–H groups in total. The summed E-state index contributed by atoms with van der Waals surface area (Å²) in [6, 6.07) is 44.8. The fraction of sp³-hybridized carbons (Fsp3) is 0.200. The van der Waals surface area contributed by atoms with E-state index in [1.807, 2.05) is 84.1 Å². The van der Waals surface area contributed by atoms with Gasteiger partial charge in [-0.15, -0.1) is 0 Å². The van der Waals surface area contributed by atoms with Gasteiger partial charge in [-0.2, -0.15) is 0 Å². The van der Waals surface area contributed by atoms with Crippen LogP contribution in [0, 0.1) is 0 Å². The lowest BCUT2D eigenvalue weighted by atomic mass is 9.67. The van der Waals surface area contributed by atoms with Crippen LogP contribution in [0.25, 0.3) is 33.8 Å². The minimum Gasteiger partial charge on any atom is -0.333 e. The third-order valence-electron chi connectivity index (χ3n) is 10.5. The number of nitrogens with zero attached hydrogens (tertiary/aromatic N) is 1. The van der Waals surface area contributed by atoms with Crippen molar-refractivity contribution in [1.29, 1.82) is 0 Å². The highest BCUT2D eigenvalue weighted by Crippen LogP contribution is 2.56. The van der Waals surface area contributed by atoms with E-state index in [-0.39, 0.29) is 6.04 Å². The van der Waals surface area contributed by atoms with Crippen LogP contribution in [0.3, 0.4) is 0 Å². The van der Waals surface area contributed by atoms with Gasteiger partial charge in [0.15, 0.2) is 0 Å². The largest absolute Gasteiger partial charge is 0.333 e. The summed E-state index contributed by atoms with van der Waals surface area (Å²) in [4.78, 5) is 0. The van der Waals surface area contributed by atoms with Crippen LogP contribution < -0.4 is 11.5 Å². The fourth-order valence-corrected chi connectivity index (χ4v) is 8.14. The first-order valence-electron chi connectivity index (χ1n) is 20.8. The maximum Gasteiger partial charge on any atom is 0.0713 e. The number of benzene rings is 5. The van der Waals surface area contributed by atoms with Crippen molar-refractivity contribution in [2.24, 2.45) is 11.5 Å². The molecule has 3 nitrogen and oxygen atoms in total. The molecule has 9 rings (SSSR count). The molecule has 0 bridgehead atoms. The molecule has 6 aromatic rings. The Balaban J connectivity index is 0.000000433. The van der Waals surface area contributed by atoms with Crippen molar-refractivity contribution >= 4 is 17.0 Å². The first-order valence-corrected chi connectivity index (χ1v) is 20.8. The predicted octanol–water partition coefficient (Wildman–Crippen LogP) is 13.5. The van der Waals surface area contributed by atoms with Crippen LogP contribution in [-0.4, -0.2) is 11.6 Å². The second-order valence-corrected chi connectivity index (χ2v) is 13.6. The van der Waals surface area contributed by atoms with Crippen molar-refractivity contribution in [2.75, 3.05) is 7.05 Å². The molecule has 1 atom stereocenters. The van der Waals surface area contributed by atoms with E-state index in [4.69, 9.17) is 5.73 Å². The number of nitrogens with two attached hydrogens (primary N) is 2. The van der Waals surface area contributed by atoms with Crippen LogP contribution in [0.2, 0.25) is 0 Å². The molecular weight excluding hydrogens is 703 g/mol. The Morgan fingerprint density at radius 3 is 1.86 bits per heavy atom. The summed E-state index contributed by atoms with van der Waals surface area (Å²) >= 11 is 0. The summed E-state index contributed by atoms with van der Waals surface area (Å²) < 4.78 is 2.47. The Labute approximate surface area is 347 Å². The van der Waals surface area contributed by atoms with Crippen molar-refractivity contribution in [1.82, 2.24) is 4.57 Å². The van der Waals surface area contributed by atoms with Gasteiger partial charge in [0.25, 0.3) is 0 Å². The van der Waals surface area contributed by atoms with Crippen LogP contribution >= 0.6 is 0 Å². The van der Waals surface area contributed by atoms with Gasteiger partial charge in [-0.25, -0.2) is 0 Å². The molecule has 0 aliphatic heterocycles. The highest BCUT2D eigenvalue weighted by Gasteiger charge is 2.45. The van der Waals surface area contributed by atoms with E-state index in [2.05, 4.69) is 155 Å². The average Bonchev–Trinajstić information content (AvgIpc) is 3.80. The lowest BCUT2D eigenvalue weighted by molar-refractivity contribution is 0.765. The Hall–Kier alpha value is -6.18. The SMILES string of the molecule is C/C=C\C=C/C(N)c1ccc(C2(c3ccc(-n4c5c(c6ccccc64)C=CCC5)cc3)c3ccccc3-c3ccccc32)cc1.CC.CC.CC1=CC=C=C=C1.CN. The van der Waals surface area contributed by atoms with E-state index in [0.717, 1.165) is 18.4 Å². The Morgan fingerprint density at radius 2 is 1.29 bits per heavy atom. The Morgan fingerprint density at radius 1 is 0.707 bits per heavy atom. The average molecular weight is 762 g/mol. The molecule has 0 saturated carbocycles. The van der Waals surface area contributed by atoms with Gasteiger partial charge >= 0.3 is 0 Å². The first-order chi connectivity index (χ1) is 28.6. The second kappa shape index (κ2) is 20.8. The minimum atomic E-state index is -0.448. The summed E-state index contributed by atoms with van der Waals surface area (Å²) in [5, 5.41) is 1.32. The molecular formula is C55H59N3. The number of rotatable bonds is 6. The van der Waals surface area contributed by atoms with E-state index in [0.29, 0.717) is 0 Å². The Bertz CT molecular complexity index is 2460. The van der Waals surface area contributed by atoms with Gasteiger partial charge in [0, 0.05) is 28.4 Å². The van der Waals surface area contributed by atoms with Gasteiger partial charge in [0.2, 0.25) is 0 Å². The lowest BCUT2D eigenvalue weighted by Crippen LogP contribution is -2.28. The van der Waals surface area contributed by atoms with Gasteiger partial charge in [0.1, 0.15) is 0 Å². The first kappa shape index (κ1) is 43.0. The van der Waals surface area contributed by atoms with Crippen molar-refractivity contribution in [2.45, 2.75) is 65.8 Å². The number of allylic oxidation sites excluding steroid dienone is 8. The van der Waals surface area contributed by atoms with E-state index in [1.165, 1.54) is 73.8 Å². The second-order valence-electron chi connectivity index (χ2n) is 13.6. The number of para-hydroxylation sites is 1. The van der Waals surface area contributed by atoms with Crippen molar-refractivity contribution in [3.63, 3.8) is 0 Å². The third-order valence-corrected chi connectivity index (χ3v) is 10.5. The standard InChI is InChI=1S/C43H36N2.C7H6.2C2H6.CH5N/c1-2-3-4-19-40(44)30-22-24-31(25-23-30)43(38-17-9-5-13-34(38)35-14-6-10-18-39(35)43)32-26-28-33(29-27-32)45-41-20-11-7-15-36(41)37-16-8-12-21-42(37)45;1-7-5-3-2-4-6-7;3*1-2/h2-11,13-20,22-29,40H,12,21,44H2,1H3;3,5-6H,1H3;2*1-2H3;2H2,1H3/b3-2-,19-4-;;;;. The fourth-order valence-electron chi connectivity index (χ4n) is 8.14. The minimum absolute atomic E-state index is 0.161. The molecule has 5 aromatic carbocycles. The van der Waals surface area contributed by atoms with Crippen molar-refractivity contribution in [3.8, 4) is 16.8 Å². The highest BCUT2D eigenvalue weighted by atomic mass is 15.0.